The number of nitrogens with one attached hydrogen (secondary N) is 2. The molecule has 25 heavy (non-hydrogen) atoms. The van der Waals surface area contributed by atoms with Crippen LogP contribution in [-0.2, 0) is 4.79 Å². The number of fused-ring (bicyclic) bond motifs is 3. The summed E-state index contributed by atoms with van der Waals surface area (Å²) in [6, 6.07) is 11.2. The van der Waals surface area contributed by atoms with E-state index >= 15 is 0 Å². The molecular formula is C20H22N2O3. The third kappa shape index (κ3) is 3.22. The molecule has 0 saturated heterocycles. The number of aryl methyl sites for hydroxylation is 1. The molecule has 1 aromatic heterocycles. The zero-order valence-electron chi connectivity index (χ0n) is 14.7. The van der Waals surface area contributed by atoms with Crippen molar-refractivity contribution in [3.05, 3.63) is 47.7 Å². The van der Waals surface area contributed by atoms with Crippen LogP contribution >= 0.6 is 0 Å². The van der Waals surface area contributed by atoms with Crippen molar-refractivity contribution in [2.75, 3.05) is 6.54 Å². The molecule has 2 amide bonds. The number of furan rings is 1. The number of amides is 2. The van der Waals surface area contributed by atoms with Crippen LogP contribution in [0.2, 0.25) is 0 Å². The minimum atomic E-state index is -0.622. The van der Waals surface area contributed by atoms with Crippen LogP contribution in [0.1, 0.15) is 36.4 Å². The van der Waals surface area contributed by atoms with Crippen LogP contribution in [0.5, 0.6) is 0 Å². The molecule has 3 aromatic rings. The van der Waals surface area contributed by atoms with E-state index in [0.29, 0.717) is 12.1 Å². The van der Waals surface area contributed by atoms with Crippen LogP contribution in [0.4, 0.5) is 0 Å². The summed E-state index contributed by atoms with van der Waals surface area (Å²) in [5.74, 6) is -0.326. The van der Waals surface area contributed by atoms with E-state index in [0.717, 1.165) is 28.1 Å². The average Bonchev–Trinajstić information content (AvgIpc) is 2.97. The summed E-state index contributed by atoms with van der Waals surface area (Å²) in [7, 11) is 0. The number of benzene rings is 2. The lowest BCUT2D eigenvalue weighted by atomic mass is 10.1. The Kier molecular flexibility index (Phi) is 4.74. The van der Waals surface area contributed by atoms with Crippen molar-refractivity contribution in [1.29, 1.82) is 0 Å². The molecular weight excluding hydrogens is 316 g/mol. The van der Waals surface area contributed by atoms with Crippen LogP contribution in [0, 0.1) is 6.92 Å². The maximum absolute atomic E-state index is 12.6. The second kappa shape index (κ2) is 6.97. The molecule has 0 saturated carbocycles. The first-order valence-electron chi connectivity index (χ1n) is 8.52. The van der Waals surface area contributed by atoms with Gasteiger partial charge >= 0.3 is 0 Å². The van der Waals surface area contributed by atoms with E-state index in [1.165, 1.54) is 0 Å². The summed E-state index contributed by atoms with van der Waals surface area (Å²) >= 11 is 0. The van der Waals surface area contributed by atoms with Gasteiger partial charge in [0.15, 0.2) is 5.76 Å². The highest BCUT2D eigenvalue weighted by Crippen LogP contribution is 2.31. The number of carbonyl (C=O) groups is 2. The Labute approximate surface area is 146 Å². The summed E-state index contributed by atoms with van der Waals surface area (Å²) in [4.78, 5) is 24.5. The van der Waals surface area contributed by atoms with E-state index in [1.807, 2.05) is 50.2 Å². The van der Waals surface area contributed by atoms with Crippen LogP contribution in [0.15, 0.2) is 40.8 Å². The van der Waals surface area contributed by atoms with Gasteiger partial charge in [0, 0.05) is 22.9 Å². The van der Waals surface area contributed by atoms with Gasteiger partial charge in [-0.15, -0.1) is 0 Å². The van der Waals surface area contributed by atoms with Crippen molar-refractivity contribution in [3.8, 4) is 0 Å². The minimum absolute atomic E-state index is 0.200. The monoisotopic (exact) mass is 338 g/mol. The molecule has 130 valence electrons. The number of hydrogen-bond acceptors (Lipinski definition) is 3. The van der Waals surface area contributed by atoms with Gasteiger partial charge in [0.05, 0.1) is 0 Å². The highest BCUT2D eigenvalue weighted by atomic mass is 16.3. The van der Waals surface area contributed by atoms with E-state index in [-0.39, 0.29) is 17.6 Å². The fourth-order valence-electron chi connectivity index (χ4n) is 2.89. The normalized spacial score (nSPS) is 12.3. The largest absolute Gasteiger partial charge is 0.450 e. The van der Waals surface area contributed by atoms with Gasteiger partial charge in [0.25, 0.3) is 5.91 Å². The molecule has 5 heteroatoms. The molecule has 2 aromatic carbocycles. The molecule has 0 aliphatic rings. The van der Waals surface area contributed by atoms with Gasteiger partial charge < -0.3 is 15.1 Å². The van der Waals surface area contributed by atoms with E-state index in [2.05, 4.69) is 10.6 Å². The fraction of sp³-hybridized carbons (Fsp3) is 0.300. The first-order chi connectivity index (χ1) is 12.0. The fourth-order valence-corrected chi connectivity index (χ4v) is 2.89. The predicted molar refractivity (Wildman–Crippen MR) is 98.7 cm³/mol. The van der Waals surface area contributed by atoms with Gasteiger partial charge in [-0.1, -0.05) is 43.3 Å². The van der Waals surface area contributed by atoms with Crippen LogP contribution in [-0.4, -0.2) is 24.4 Å². The lowest BCUT2D eigenvalue weighted by molar-refractivity contribution is -0.122. The average molecular weight is 338 g/mol. The zero-order chi connectivity index (χ0) is 18.0. The SMILES string of the molecule is CCCNC(=O)[C@@H](C)NC(=O)c1oc2c(ccc3ccccc32)c1C. The highest BCUT2D eigenvalue weighted by Gasteiger charge is 2.22. The second-order valence-corrected chi connectivity index (χ2v) is 6.21. The van der Waals surface area contributed by atoms with E-state index in [9.17, 15) is 9.59 Å². The van der Waals surface area contributed by atoms with Gasteiger partial charge in [-0.3, -0.25) is 9.59 Å². The maximum Gasteiger partial charge on any atom is 0.287 e. The third-order valence-electron chi connectivity index (χ3n) is 4.32. The van der Waals surface area contributed by atoms with Crippen LogP contribution < -0.4 is 10.6 Å². The molecule has 3 rings (SSSR count). The van der Waals surface area contributed by atoms with Crippen molar-refractivity contribution in [3.63, 3.8) is 0 Å². The highest BCUT2D eigenvalue weighted by molar-refractivity contribution is 6.09. The molecule has 1 atom stereocenters. The van der Waals surface area contributed by atoms with Gasteiger partial charge in [-0.2, -0.15) is 0 Å². The van der Waals surface area contributed by atoms with Gasteiger partial charge in [-0.05, 0) is 25.7 Å². The van der Waals surface area contributed by atoms with E-state index in [1.54, 1.807) is 6.92 Å². The smallest absolute Gasteiger partial charge is 0.287 e. The molecule has 5 nitrogen and oxygen atoms in total. The van der Waals surface area contributed by atoms with Crippen LogP contribution in [0.3, 0.4) is 0 Å². The topological polar surface area (TPSA) is 71.3 Å². The molecule has 0 radical (unpaired) electrons. The van der Waals surface area contributed by atoms with Crippen molar-refractivity contribution in [2.24, 2.45) is 0 Å². The summed E-state index contributed by atoms with van der Waals surface area (Å²) < 4.78 is 5.89. The summed E-state index contributed by atoms with van der Waals surface area (Å²) in [5.41, 5.74) is 1.48. The first kappa shape index (κ1) is 17.0. The van der Waals surface area contributed by atoms with Gasteiger partial charge in [-0.25, -0.2) is 0 Å². The Hall–Kier alpha value is -2.82. The lowest BCUT2D eigenvalue weighted by Gasteiger charge is -2.13. The molecule has 0 aliphatic carbocycles. The predicted octanol–water partition coefficient (Wildman–Crippen LogP) is 3.54. The number of carbonyl (C=O) groups excluding carboxylic acids is 2. The summed E-state index contributed by atoms with van der Waals surface area (Å²) in [6.07, 6.45) is 0.849. The number of hydrogen-bond donors (Lipinski definition) is 2. The zero-order valence-corrected chi connectivity index (χ0v) is 14.7. The van der Waals surface area contributed by atoms with E-state index < -0.39 is 6.04 Å². The summed E-state index contributed by atoms with van der Waals surface area (Å²) in [6.45, 7) is 6.09. The minimum Gasteiger partial charge on any atom is -0.450 e. The molecule has 0 spiro atoms. The first-order valence-corrected chi connectivity index (χ1v) is 8.52. The molecule has 1 heterocycles. The summed E-state index contributed by atoms with van der Waals surface area (Å²) in [5, 5.41) is 8.42. The Bertz CT molecular complexity index is 943. The lowest BCUT2D eigenvalue weighted by Crippen LogP contribution is -2.45. The Balaban J connectivity index is 1.90. The van der Waals surface area contributed by atoms with Crippen molar-refractivity contribution < 1.29 is 14.0 Å². The van der Waals surface area contributed by atoms with Gasteiger partial charge in [0.2, 0.25) is 5.91 Å². The van der Waals surface area contributed by atoms with Gasteiger partial charge in [0.1, 0.15) is 11.6 Å². The second-order valence-electron chi connectivity index (χ2n) is 6.21. The van der Waals surface area contributed by atoms with Crippen LogP contribution in [0.25, 0.3) is 21.7 Å². The number of rotatable bonds is 5. The Morgan fingerprint density at radius 1 is 1.12 bits per heavy atom. The Morgan fingerprint density at radius 2 is 1.88 bits per heavy atom. The van der Waals surface area contributed by atoms with Crippen molar-refractivity contribution in [1.82, 2.24) is 10.6 Å². The standard InChI is InChI=1S/C20H22N2O3/c1-4-11-21-19(23)13(3)22-20(24)17-12(2)15-10-9-14-7-5-6-8-16(14)18(15)25-17/h5-10,13H,4,11H2,1-3H3,(H,21,23)(H,22,24)/t13-/m1/s1. The quantitative estimate of drug-likeness (QED) is 0.747. The molecule has 0 bridgehead atoms. The molecule has 2 N–H and O–H groups in total. The molecule has 0 aliphatic heterocycles. The molecule has 0 fully saturated rings. The maximum atomic E-state index is 12.6. The van der Waals surface area contributed by atoms with Crippen molar-refractivity contribution in [2.45, 2.75) is 33.2 Å². The van der Waals surface area contributed by atoms with E-state index in [4.69, 9.17) is 4.42 Å². The van der Waals surface area contributed by atoms with Crippen molar-refractivity contribution >= 4 is 33.6 Å². The third-order valence-corrected chi connectivity index (χ3v) is 4.32. The molecule has 0 unspecified atom stereocenters. The Morgan fingerprint density at radius 3 is 2.64 bits per heavy atom.